The number of carbonyl (C=O) groups excluding carboxylic acids is 1. The molecule has 3 rings (SSSR count). The number of nitrogens with zero attached hydrogens (tertiary/aromatic N) is 3. The van der Waals surface area contributed by atoms with Crippen LogP contribution in [0.25, 0.3) is 0 Å². The van der Waals surface area contributed by atoms with E-state index in [0.29, 0.717) is 12.2 Å². The van der Waals surface area contributed by atoms with Gasteiger partial charge in [-0.2, -0.15) is 0 Å². The van der Waals surface area contributed by atoms with E-state index in [1.165, 1.54) is 10.5 Å². The Balaban J connectivity index is 1.65. The van der Waals surface area contributed by atoms with Gasteiger partial charge < -0.3 is 10.2 Å². The summed E-state index contributed by atoms with van der Waals surface area (Å²) in [5, 5.41) is 3.32. The van der Waals surface area contributed by atoms with E-state index in [-0.39, 0.29) is 5.91 Å². The highest BCUT2D eigenvalue weighted by atomic mass is 16.2. The van der Waals surface area contributed by atoms with Crippen LogP contribution in [0.4, 0.5) is 5.69 Å². The van der Waals surface area contributed by atoms with Gasteiger partial charge >= 0.3 is 0 Å². The number of hydrogen-bond acceptors (Lipinski definition) is 3. The Morgan fingerprint density at radius 3 is 2.77 bits per heavy atom. The predicted molar refractivity (Wildman–Crippen MR) is 87.2 cm³/mol. The zero-order valence-electron chi connectivity index (χ0n) is 12.7. The van der Waals surface area contributed by atoms with Crippen LogP contribution in [-0.2, 0) is 13.0 Å². The Morgan fingerprint density at radius 1 is 1.27 bits per heavy atom. The van der Waals surface area contributed by atoms with Crippen molar-refractivity contribution in [2.45, 2.75) is 13.0 Å². The van der Waals surface area contributed by atoms with E-state index in [1.807, 2.05) is 18.2 Å². The molecule has 1 aliphatic rings. The lowest BCUT2D eigenvalue weighted by Crippen LogP contribution is -2.22. The quantitative estimate of drug-likeness (QED) is 0.945. The van der Waals surface area contributed by atoms with Gasteiger partial charge in [-0.15, -0.1) is 0 Å². The molecule has 1 N–H and O–H groups in total. The van der Waals surface area contributed by atoms with Gasteiger partial charge in [0.15, 0.2) is 0 Å². The number of amides is 1. The number of nitrogens with one attached hydrogen (secondary N) is 1. The molecule has 0 fully saturated rings. The van der Waals surface area contributed by atoms with Crippen LogP contribution in [0.5, 0.6) is 0 Å². The zero-order chi connectivity index (χ0) is 15.5. The fourth-order valence-electron chi connectivity index (χ4n) is 2.33. The van der Waals surface area contributed by atoms with Crippen molar-refractivity contribution in [3.05, 3.63) is 59.4 Å². The molecule has 1 aliphatic heterocycles. The molecule has 0 radical (unpaired) electrons. The van der Waals surface area contributed by atoms with Crippen molar-refractivity contribution in [1.29, 1.82) is 0 Å². The number of pyridine rings is 1. The van der Waals surface area contributed by atoms with Gasteiger partial charge in [-0.05, 0) is 23.3 Å². The molecule has 1 amide bonds. The highest BCUT2D eigenvalue weighted by Gasteiger charge is 2.14. The van der Waals surface area contributed by atoms with Gasteiger partial charge in [-0.1, -0.05) is 24.3 Å². The molecule has 2 heterocycles. The fourth-order valence-corrected chi connectivity index (χ4v) is 2.33. The molecular weight excluding hydrogens is 276 g/mol. The monoisotopic (exact) mass is 294 g/mol. The molecule has 112 valence electrons. The predicted octanol–water partition coefficient (Wildman–Crippen LogP) is 2.35. The molecule has 1 aromatic heterocycles. The first-order valence-electron chi connectivity index (χ1n) is 7.18. The Hall–Kier alpha value is -2.69. The number of benzene rings is 1. The third-order valence-corrected chi connectivity index (χ3v) is 3.56. The second-order valence-electron chi connectivity index (χ2n) is 5.47. The molecule has 0 bridgehead atoms. The van der Waals surface area contributed by atoms with Crippen molar-refractivity contribution in [2.75, 3.05) is 19.4 Å². The minimum atomic E-state index is -0.0919. The number of aromatic nitrogens is 1. The minimum Gasteiger partial charge on any atom is -0.344 e. The molecule has 0 spiro atoms. The molecule has 5 heteroatoms. The molecule has 2 aromatic rings. The molecule has 0 aliphatic carbocycles. The van der Waals surface area contributed by atoms with Crippen LogP contribution in [0, 0.1) is 0 Å². The fraction of sp³-hybridized carbons (Fsp3) is 0.235. The number of para-hydroxylation sites is 1. The summed E-state index contributed by atoms with van der Waals surface area (Å²) in [6, 6.07) is 11.9. The highest BCUT2D eigenvalue weighted by Crippen LogP contribution is 2.22. The van der Waals surface area contributed by atoms with Crippen LogP contribution in [0.15, 0.2) is 47.6 Å². The molecule has 0 saturated heterocycles. The summed E-state index contributed by atoms with van der Waals surface area (Å²) < 4.78 is 0. The van der Waals surface area contributed by atoms with E-state index >= 15 is 0 Å². The van der Waals surface area contributed by atoms with E-state index in [9.17, 15) is 4.79 Å². The van der Waals surface area contributed by atoms with Crippen molar-refractivity contribution in [3.63, 3.8) is 0 Å². The van der Waals surface area contributed by atoms with Crippen LogP contribution >= 0.6 is 0 Å². The van der Waals surface area contributed by atoms with Gasteiger partial charge in [0.1, 0.15) is 11.5 Å². The van der Waals surface area contributed by atoms with Crippen LogP contribution in [-0.4, -0.2) is 35.7 Å². The summed E-state index contributed by atoms with van der Waals surface area (Å²) in [5.41, 5.74) is 3.84. The third-order valence-electron chi connectivity index (χ3n) is 3.56. The van der Waals surface area contributed by atoms with Crippen molar-refractivity contribution in [2.24, 2.45) is 4.99 Å². The van der Waals surface area contributed by atoms with Crippen molar-refractivity contribution in [1.82, 2.24) is 9.88 Å². The van der Waals surface area contributed by atoms with Gasteiger partial charge in [0, 0.05) is 32.4 Å². The number of fused-ring (bicyclic) bond motifs is 1. The van der Waals surface area contributed by atoms with E-state index in [2.05, 4.69) is 27.4 Å². The summed E-state index contributed by atoms with van der Waals surface area (Å²) in [6.45, 7) is 0.555. The maximum absolute atomic E-state index is 11.8. The van der Waals surface area contributed by atoms with Crippen LogP contribution in [0.3, 0.4) is 0 Å². The summed E-state index contributed by atoms with van der Waals surface area (Å²) in [6.07, 6.45) is 2.55. The Labute approximate surface area is 129 Å². The summed E-state index contributed by atoms with van der Waals surface area (Å²) in [7, 11) is 3.43. The van der Waals surface area contributed by atoms with Crippen molar-refractivity contribution in [3.8, 4) is 0 Å². The maximum Gasteiger partial charge on any atom is 0.271 e. The number of rotatable bonds is 3. The standard InChI is InChI=1S/C17H18N4O/c1-21(2)17(22)15-8-7-12(10-18-15)11-19-16-9-13-5-3-4-6-14(13)20-16/h3-8,10H,9,11H2,1-2H3,(H,19,20). The lowest BCUT2D eigenvalue weighted by molar-refractivity contribution is 0.0822. The topological polar surface area (TPSA) is 57.6 Å². The Morgan fingerprint density at radius 2 is 2.09 bits per heavy atom. The minimum absolute atomic E-state index is 0.0919. The third kappa shape index (κ3) is 2.98. The number of anilines is 1. The van der Waals surface area contributed by atoms with Crippen LogP contribution in [0.1, 0.15) is 21.6 Å². The second kappa shape index (κ2) is 5.97. The first-order chi connectivity index (χ1) is 10.6. The zero-order valence-corrected chi connectivity index (χ0v) is 12.7. The van der Waals surface area contributed by atoms with Crippen LogP contribution in [0.2, 0.25) is 0 Å². The largest absolute Gasteiger partial charge is 0.344 e. The first-order valence-corrected chi connectivity index (χ1v) is 7.18. The van der Waals surface area contributed by atoms with Gasteiger partial charge in [0.25, 0.3) is 5.91 Å². The molecule has 0 saturated carbocycles. The molecule has 0 unspecified atom stereocenters. The van der Waals surface area contributed by atoms with Gasteiger partial charge in [-0.25, -0.2) is 0 Å². The first kappa shape index (κ1) is 14.3. The van der Waals surface area contributed by atoms with Gasteiger partial charge in [-0.3, -0.25) is 14.8 Å². The maximum atomic E-state index is 11.8. The number of amidine groups is 1. The Kier molecular flexibility index (Phi) is 3.87. The lowest BCUT2D eigenvalue weighted by atomic mass is 10.2. The van der Waals surface area contributed by atoms with Crippen LogP contribution < -0.4 is 5.32 Å². The van der Waals surface area contributed by atoms with Crippen molar-refractivity contribution < 1.29 is 4.79 Å². The summed E-state index contributed by atoms with van der Waals surface area (Å²) >= 11 is 0. The molecule has 0 atom stereocenters. The SMILES string of the molecule is CN(C)C(=O)c1ccc(CN=C2Cc3ccccc3N2)cn1. The smallest absolute Gasteiger partial charge is 0.271 e. The molecule has 5 nitrogen and oxygen atoms in total. The number of carbonyl (C=O) groups is 1. The van der Waals surface area contributed by atoms with Gasteiger partial charge in [0.2, 0.25) is 0 Å². The molecular formula is C17H18N4O. The van der Waals surface area contributed by atoms with E-state index in [4.69, 9.17) is 0 Å². The highest BCUT2D eigenvalue weighted by molar-refractivity contribution is 6.02. The van der Waals surface area contributed by atoms with E-state index < -0.39 is 0 Å². The summed E-state index contributed by atoms with van der Waals surface area (Å²) in [4.78, 5) is 22.1. The van der Waals surface area contributed by atoms with E-state index in [0.717, 1.165) is 23.5 Å². The van der Waals surface area contributed by atoms with Gasteiger partial charge in [0.05, 0.1) is 6.54 Å². The average Bonchev–Trinajstić information content (AvgIpc) is 2.95. The lowest BCUT2D eigenvalue weighted by Gasteiger charge is -2.09. The Bertz CT molecular complexity index is 693. The van der Waals surface area contributed by atoms with Crippen molar-refractivity contribution >= 4 is 17.4 Å². The molecule has 1 aromatic carbocycles. The number of aliphatic imine (C=N–C) groups is 1. The number of hydrogen-bond donors (Lipinski definition) is 1. The summed E-state index contributed by atoms with van der Waals surface area (Å²) in [5.74, 6) is 0.875. The van der Waals surface area contributed by atoms with E-state index in [1.54, 1.807) is 26.4 Å². The normalized spacial score (nSPS) is 14.5. The average molecular weight is 294 g/mol. The second-order valence-corrected chi connectivity index (χ2v) is 5.47. The molecule has 22 heavy (non-hydrogen) atoms.